The van der Waals surface area contributed by atoms with Gasteiger partial charge in [-0.25, -0.2) is 13.2 Å². The number of carbonyl (C=O) groups is 1. The summed E-state index contributed by atoms with van der Waals surface area (Å²) in [6, 6.07) is 12.0. The normalized spacial score (nSPS) is 19.2. The van der Waals surface area contributed by atoms with Crippen molar-refractivity contribution in [1.29, 1.82) is 0 Å². The number of likely N-dealkylation sites (tertiary alicyclic amines) is 1. The first kappa shape index (κ1) is 26.3. The lowest BCUT2D eigenvalue weighted by Crippen LogP contribution is -2.43. The summed E-state index contributed by atoms with van der Waals surface area (Å²) in [7, 11) is -0.568. The number of benzene rings is 2. The van der Waals surface area contributed by atoms with Crippen LogP contribution in [0.25, 0.3) is 11.1 Å². The zero-order valence-corrected chi connectivity index (χ0v) is 22.5. The lowest BCUT2D eigenvalue weighted by Gasteiger charge is -2.32. The van der Waals surface area contributed by atoms with Crippen molar-refractivity contribution in [3.05, 3.63) is 53.0 Å². The molecule has 1 unspecified atom stereocenters. The number of aromatic nitrogens is 1. The molecule has 2 aliphatic heterocycles. The van der Waals surface area contributed by atoms with Gasteiger partial charge in [-0.1, -0.05) is 12.1 Å². The Hall–Kier alpha value is -3.31. The summed E-state index contributed by atoms with van der Waals surface area (Å²) in [5, 5.41) is 0. The molecule has 204 valence electrons. The summed E-state index contributed by atoms with van der Waals surface area (Å²) in [5.41, 5.74) is 0.772. The number of methoxy groups -OCH3 is 1. The molecule has 0 aliphatic carbocycles. The van der Waals surface area contributed by atoms with Crippen LogP contribution in [0, 0.1) is 11.8 Å². The highest BCUT2D eigenvalue weighted by Gasteiger charge is 2.36. The molecule has 1 amide bonds. The Bertz CT molecular complexity index is 1470. The van der Waals surface area contributed by atoms with Crippen LogP contribution in [0.15, 0.2) is 56.6 Å². The van der Waals surface area contributed by atoms with Crippen molar-refractivity contribution in [3.8, 4) is 11.5 Å². The summed E-state index contributed by atoms with van der Waals surface area (Å²) < 4.78 is 45.6. The van der Waals surface area contributed by atoms with E-state index >= 15 is 0 Å². The number of oxazole rings is 1. The zero-order chi connectivity index (χ0) is 26.9. The molecule has 1 atom stereocenters. The lowest BCUT2D eigenvalue weighted by molar-refractivity contribution is -0.135. The zero-order valence-electron chi connectivity index (χ0n) is 21.7. The SMILES string of the molecule is COc1ccccc1OCCC1CCN(C(=O)C2CCN(S(=O)(=O)c3ccc4c(c3)oc(=O)n4C)CC2)C1. The van der Waals surface area contributed by atoms with Crippen molar-refractivity contribution in [2.45, 2.75) is 30.6 Å². The maximum Gasteiger partial charge on any atom is 0.419 e. The molecule has 0 spiro atoms. The molecular formula is C27H33N3O7S. The second-order valence-electron chi connectivity index (χ2n) is 9.96. The fraction of sp³-hybridized carbons (Fsp3) is 0.481. The highest BCUT2D eigenvalue weighted by Crippen LogP contribution is 2.30. The van der Waals surface area contributed by atoms with E-state index in [2.05, 4.69) is 0 Å². The Kier molecular flexibility index (Phi) is 7.49. The van der Waals surface area contributed by atoms with Gasteiger partial charge in [-0.3, -0.25) is 9.36 Å². The van der Waals surface area contributed by atoms with Gasteiger partial charge in [-0.15, -0.1) is 0 Å². The van der Waals surface area contributed by atoms with Crippen LogP contribution < -0.4 is 15.2 Å². The number of nitrogens with zero attached hydrogens (tertiary/aromatic N) is 3. The van der Waals surface area contributed by atoms with Crippen molar-refractivity contribution in [3.63, 3.8) is 0 Å². The van der Waals surface area contributed by atoms with Crippen LogP contribution >= 0.6 is 0 Å². The Morgan fingerprint density at radius 1 is 1.05 bits per heavy atom. The number of hydrogen-bond acceptors (Lipinski definition) is 7. The monoisotopic (exact) mass is 543 g/mol. The number of fused-ring (bicyclic) bond motifs is 1. The van der Waals surface area contributed by atoms with Gasteiger partial charge in [0.1, 0.15) is 0 Å². The second kappa shape index (κ2) is 10.8. The molecule has 0 radical (unpaired) electrons. The molecule has 0 N–H and O–H groups in total. The van der Waals surface area contributed by atoms with E-state index in [1.165, 1.54) is 21.0 Å². The molecule has 2 fully saturated rings. The van der Waals surface area contributed by atoms with E-state index in [4.69, 9.17) is 13.9 Å². The molecule has 10 nitrogen and oxygen atoms in total. The number of rotatable bonds is 8. The molecule has 1 aromatic heterocycles. The molecule has 0 saturated carbocycles. The van der Waals surface area contributed by atoms with Gasteiger partial charge in [0.15, 0.2) is 17.1 Å². The summed E-state index contributed by atoms with van der Waals surface area (Å²) in [6.45, 7) is 2.54. The van der Waals surface area contributed by atoms with Crippen LogP contribution in [0.4, 0.5) is 0 Å². The summed E-state index contributed by atoms with van der Waals surface area (Å²) in [4.78, 5) is 27.0. The van der Waals surface area contributed by atoms with Gasteiger partial charge in [0.2, 0.25) is 15.9 Å². The van der Waals surface area contributed by atoms with Crippen LogP contribution in [0.5, 0.6) is 11.5 Å². The van der Waals surface area contributed by atoms with Crippen molar-refractivity contribution in [2.24, 2.45) is 18.9 Å². The molecule has 38 heavy (non-hydrogen) atoms. The molecule has 11 heteroatoms. The Balaban J connectivity index is 1.12. The number of ether oxygens (including phenoxy) is 2. The van der Waals surface area contributed by atoms with E-state index in [9.17, 15) is 18.0 Å². The summed E-state index contributed by atoms with van der Waals surface area (Å²) in [6.07, 6.45) is 2.76. The van der Waals surface area contributed by atoms with Crippen LogP contribution in [-0.4, -0.2) is 68.0 Å². The highest BCUT2D eigenvalue weighted by molar-refractivity contribution is 7.89. The number of piperidine rings is 1. The molecule has 5 rings (SSSR count). The maximum atomic E-state index is 13.2. The van der Waals surface area contributed by atoms with Gasteiger partial charge in [0, 0.05) is 45.2 Å². The maximum absolute atomic E-state index is 13.2. The third kappa shape index (κ3) is 5.17. The average molecular weight is 544 g/mol. The topological polar surface area (TPSA) is 111 Å². The van der Waals surface area contributed by atoms with Crippen LogP contribution in [0.1, 0.15) is 25.7 Å². The van der Waals surface area contributed by atoms with E-state index in [1.54, 1.807) is 20.2 Å². The van der Waals surface area contributed by atoms with E-state index in [0.717, 1.165) is 25.1 Å². The minimum Gasteiger partial charge on any atom is -0.493 e. The first-order valence-electron chi connectivity index (χ1n) is 12.9. The Morgan fingerprint density at radius 2 is 1.79 bits per heavy atom. The van der Waals surface area contributed by atoms with Crippen molar-refractivity contribution >= 4 is 27.0 Å². The number of para-hydroxylation sites is 2. The fourth-order valence-corrected chi connectivity index (χ4v) is 6.85. The van der Waals surface area contributed by atoms with Crippen molar-refractivity contribution in [2.75, 3.05) is 39.9 Å². The quantitative estimate of drug-likeness (QED) is 0.430. The first-order valence-corrected chi connectivity index (χ1v) is 14.4. The first-order chi connectivity index (χ1) is 18.3. The minimum absolute atomic E-state index is 0.0850. The van der Waals surface area contributed by atoms with Crippen molar-refractivity contribution in [1.82, 2.24) is 13.8 Å². The molecule has 2 aliphatic rings. The van der Waals surface area contributed by atoms with Crippen LogP contribution in [0.3, 0.4) is 0 Å². The van der Waals surface area contributed by atoms with Gasteiger partial charge < -0.3 is 18.8 Å². The van der Waals surface area contributed by atoms with Gasteiger partial charge in [-0.2, -0.15) is 4.31 Å². The number of sulfonamides is 1. The average Bonchev–Trinajstić information content (AvgIpc) is 3.52. The number of amides is 1. The second-order valence-corrected chi connectivity index (χ2v) is 11.9. The third-order valence-electron chi connectivity index (χ3n) is 7.65. The van der Waals surface area contributed by atoms with E-state index in [-0.39, 0.29) is 35.4 Å². The summed E-state index contributed by atoms with van der Waals surface area (Å²) >= 11 is 0. The minimum atomic E-state index is -3.76. The predicted molar refractivity (Wildman–Crippen MR) is 141 cm³/mol. The molecular weight excluding hydrogens is 510 g/mol. The number of carbonyl (C=O) groups excluding carboxylic acids is 1. The van der Waals surface area contributed by atoms with E-state index in [1.807, 2.05) is 29.2 Å². The third-order valence-corrected chi connectivity index (χ3v) is 9.55. The smallest absolute Gasteiger partial charge is 0.419 e. The number of aryl methyl sites for hydroxylation is 1. The summed E-state index contributed by atoms with van der Waals surface area (Å²) in [5.74, 6) is 1.19. The predicted octanol–water partition coefficient (Wildman–Crippen LogP) is 2.86. The molecule has 3 aromatic rings. The van der Waals surface area contributed by atoms with Gasteiger partial charge in [-0.05, 0) is 55.9 Å². The van der Waals surface area contributed by atoms with Gasteiger partial charge in [0.05, 0.1) is 24.1 Å². The van der Waals surface area contributed by atoms with Gasteiger partial charge in [0.25, 0.3) is 0 Å². The lowest BCUT2D eigenvalue weighted by atomic mass is 9.96. The standard InChI is InChI=1S/C27H33N3O7S/c1-28-22-8-7-21(17-25(22)37-27(28)32)38(33,34)30-14-10-20(11-15-30)26(31)29-13-9-19(18-29)12-16-36-24-6-4-3-5-23(24)35-2/h3-8,17,19-20H,9-16,18H2,1-2H3. The Labute approximate surface area is 221 Å². The van der Waals surface area contributed by atoms with E-state index < -0.39 is 15.8 Å². The molecule has 0 bridgehead atoms. The van der Waals surface area contributed by atoms with Crippen molar-refractivity contribution < 1.29 is 27.1 Å². The van der Waals surface area contributed by atoms with E-state index in [0.29, 0.717) is 43.2 Å². The fourth-order valence-electron chi connectivity index (χ4n) is 5.37. The molecule has 3 heterocycles. The van der Waals surface area contributed by atoms with Crippen LogP contribution in [0.2, 0.25) is 0 Å². The Morgan fingerprint density at radius 3 is 2.53 bits per heavy atom. The highest BCUT2D eigenvalue weighted by atomic mass is 32.2. The largest absolute Gasteiger partial charge is 0.493 e. The van der Waals surface area contributed by atoms with Gasteiger partial charge >= 0.3 is 5.76 Å². The molecule has 2 aromatic carbocycles. The van der Waals surface area contributed by atoms with Crippen LogP contribution in [-0.2, 0) is 21.9 Å². The number of hydrogen-bond donors (Lipinski definition) is 0. The molecule has 2 saturated heterocycles.